The number of nitrogen functional groups attached to an aromatic ring is 1. The molecule has 0 unspecified atom stereocenters. The van der Waals surface area contributed by atoms with E-state index < -0.39 is 5.82 Å². The molecule has 3 nitrogen and oxygen atoms in total. The predicted octanol–water partition coefficient (Wildman–Crippen LogP) is 4.38. The minimum atomic E-state index is -0.420. The van der Waals surface area contributed by atoms with Crippen molar-refractivity contribution in [3.05, 3.63) is 23.0 Å². The molecule has 2 aromatic rings. The van der Waals surface area contributed by atoms with Crippen LogP contribution in [0.4, 0.5) is 10.3 Å². The Balaban J connectivity index is 1.76. The molecule has 1 aliphatic carbocycles. The van der Waals surface area contributed by atoms with Crippen LogP contribution >= 0.6 is 11.6 Å². The third-order valence-corrected chi connectivity index (χ3v) is 4.58. The summed E-state index contributed by atoms with van der Waals surface area (Å²) in [5.41, 5.74) is 7.33. The van der Waals surface area contributed by atoms with E-state index in [9.17, 15) is 4.39 Å². The number of benzene rings is 1. The van der Waals surface area contributed by atoms with Crippen molar-refractivity contribution in [2.75, 3.05) is 5.73 Å². The van der Waals surface area contributed by atoms with E-state index in [1.807, 2.05) is 4.57 Å². The first-order valence-electron chi connectivity index (χ1n) is 7.26. The molecule has 1 heterocycles. The summed E-state index contributed by atoms with van der Waals surface area (Å²) < 4.78 is 15.5. The van der Waals surface area contributed by atoms with Gasteiger partial charge in [-0.25, -0.2) is 9.37 Å². The highest BCUT2D eigenvalue weighted by Gasteiger charge is 2.16. The van der Waals surface area contributed by atoms with Crippen LogP contribution in [-0.2, 0) is 6.54 Å². The van der Waals surface area contributed by atoms with Crippen molar-refractivity contribution >= 4 is 28.6 Å². The summed E-state index contributed by atoms with van der Waals surface area (Å²) in [6.45, 7) is 0.792. The molecule has 5 heteroatoms. The fraction of sp³-hybridized carbons (Fsp3) is 0.533. The van der Waals surface area contributed by atoms with Gasteiger partial charge in [-0.15, -0.1) is 0 Å². The molecule has 0 spiro atoms. The Morgan fingerprint density at radius 3 is 2.85 bits per heavy atom. The highest BCUT2D eigenvalue weighted by Crippen LogP contribution is 2.30. The number of imidazole rings is 1. The summed E-state index contributed by atoms with van der Waals surface area (Å²) >= 11 is 5.77. The van der Waals surface area contributed by atoms with Crippen LogP contribution in [0.3, 0.4) is 0 Å². The highest BCUT2D eigenvalue weighted by atomic mass is 35.5. The SMILES string of the molecule is Nc1nc2cc(Cl)c(F)cc2n1CCCC1CCCC1. The van der Waals surface area contributed by atoms with Crippen LogP contribution in [0, 0.1) is 11.7 Å². The quantitative estimate of drug-likeness (QED) is 0.909. The monoisotopic (exact) mass is 295 g/mol. The second kappa shape index (κ2) is 5.60. The maximum Gasteiger partial charge on any atom is 0.201 e. The molecule has 0 aliphatic heterocycles. The molecule has 108 valence electrons. The van der Waals surface area contributed by atoms with Crippen LogP contribution in [0.1, 0.15) is 38.5 Å². The summed E-state index contributed by atoms with van der Waals surface area (Å²) in [5.74, 6) is 0.876. The molecule has 0 amide bonds. The average molecular weight is 296 g/mol. The van der Waals surface area contributed by atoms with Gasteiger partial charge in [-0.1, -0.05) is 37.3 Å². The van der Waals surface area contributed by atoms with Gasteiger partial charge in [0, 0.05) is 12.6 Å². The zero-order chi connectivity index (χ0) is 14.1. The molecule has 1 saturated carbocycles. The van der Waals surface area contributed by atoms with E-state index in [-0.39, 0.29) is 5.02 Å². The average Bonchev–Trinajstić information content (AvgIpc) is 3.01. The molecule has 1 aliphatic rings. The van der Waals surface area contributed by atoms with Crippen molar-refractivity contribution in [2.45, 2.75) is 45.1 Å². The summed E-state index contributed by atoms with van der Waals surface area (Å²) in [4.78, 5) is 4.26. The fourth-order valence-electron chi connectivity index (χ4n) is 3.21. The number of anilines is 1. The number of aromatic nitrogens is 2. The van der Waals surface area contributed by atoms with E-state index in [0.29, 0.717) is 11.5 Å². The zero-order valence-corrected chi connectivity index (χ0v) is 12.2. The zero-order valence-electron chi connectivity index (χ0n) is 11.4. The third-order valence-electron chi connectivity index (χ3n) is 4.29. The standard InChI is InChI=1S/C15H19ClFN3/c16-11-8-13-14(9-12(11)17)20(15(18)19-13)7-3-6-10-4-1-2-5-10/h8-10H,1-7H2,(H2,18,19). The predicted molar refractivity (Wildman–Crippen MR) is 80.3 cm³/mol. The van der Waals surface area contributed by atoms with E-state index in [0.717, 1.165) is 24.4 Å². The van der Waals surface area contributed by atoms with Crippen molar-refractivity contribution < 1.29 is 4.39 Å². The van der Waals surface area contributed by atoms with Crippen molar-refractivity contribution in [1.29, 1.82) is 0 Å². The molecule has 1 aromatic heterocycles. The van der Waals surface area contributed by atoms with Gasteiger partial charge in [0.15, 0.2) is 0 Å². The molecule has 0 atom stereocenters. The lowest BCUT2D eigenvalue weighted by Gasteiger charge is -2.10. The molecule has 2 N–H and O–H groups in total. The fourth-order valence-corrected chi connectivity index (χ4v) is 3.37. The van der Waals surface area contributed by atoms with Crippen molar-refractivity contribution in [3.8, 4) is 0 Å². The number of hydrogen-bond acceptors (Lipinski definition) is 2. The maximum absolute atomic E-state index is 13.6. The van der Waals surface area contributed by atoms with Gasteiger partial charge in [0.1, 0.15) is 5.82 Å². The third kappa shape index (κ3) is 2.62. The Morgan fingerprint density at radius 1 is 1.35 bits per heavy atom. The maximum atomic E-state index is 13.6. The van der Waals surface area contributed by atoms with E-state index in [4.69, 9.17) is 17.3 Å². The Labute approximate surface area is 122 Å². The molecule has 1 fully saturated rings. The Morgan fingerprint density at radius 2 is 2.10 bits per heavy atom. The van der Waals surface area contributed by atoms with Crippen molar-refractivity contribution in [3.63, 3.8) is 0 Å². The van der Waals surface area contributed by atoms with Crippen LogP contribution in [0.25, 0.3) is 11.0 Å². The number of rotatable bonds is 4. The summed E-state index contributed by atoms with van der Waals surface area (Å²) in [6, 6.07) is 2.96. The van der Waals surface area contributed by atoms with E-state index in [2.05, 4.69) is 4.98 Å². The molecular weight excluding hydrogens is 277 g/mol. The molecule has 3 rings (SSSR count). The second-order valence-electron chi connectivity index (χ2n) is 5.67. The highest BCUT2D eigenvalue weighted by molar-refractivity contribution is 6.31. The lowest BCUT2D eigenvalue weighted by Crippen LogP contribution is -2.05. The van der Waals surface area contributed by atoms with Crippen LogP contribution in [-0.4, -0.2) is 9.55 Å². The molecule has 1 aromatic carbocycles. The van der Waals surface area contributed by atoms with Gasteiger partial charge in [-0.2, -0.15) is 0 Å². The number of nitrogens with zero attached hydrogens (tertiary/aromatic N) is 2. The van der Waals surface area contributed by atoms with Gasteiger partial charge in [-0.3, -0.25) is 0 Å². The van der Waals surface area contributed by atoms with Crippen LogP contribution < -0.4 is 5.73 Å². The van der Waals surface area contributed by atoms with E-state index in [1.54, 1.807) is 0 Å². The van der Waals surface area contributed by atoms with Crippen LogP contribution in [0.2, 0.25) is 5.02 Å². The minimum absolute atomic E-state index is 0.0908. The Bertz CT molecular complexity index is 617. The van der Waals surface area contributed by atoms with Gasteiger partial charge in [0.25, 0.3) is 0 Å². The smallest absolute Gasteiger partial charge is 0.201 e. The first-order chi connectivity index (χ1) is 9.65. The first-order valence-corrected chi connectivity index (χ1v) is 7.63. The number of nitrogens with two attached hydrogens (primary N) is 1. The molecule has 0 saturated heterocycles. The van der Waals surface area contributed by atoms with Crippen LogP contribution in [0.15, 0.2) is 12.1 Å². The van der Waals surface area contributed by atoms with Gasteiger partial charge >= 0.3 is 0 Å². The van der Waals surface area contributed by atoms with E-state index in [1.165, 1.54) is 44.2 Å². The van der Waals surface area contributed by atoms with Gasteiger partial charge in [-0.05, 0) is 24.8 Å². The summed E-state index contributed by atoms with van der Waals surface area (Å²) in [7, 11) is 0. The number of aryl methyl sites for hydroxylation is 1. The van der Waals surface area contributed by atoms with Crippen molar-refractivity contribution in [2.24, 2.45) is 5.92 Å². The van der Waals surface area contributed by atoms with Gasteiger partial charge < -0.3 is 10.3 Å². The largest absolute Gasteiger partial charge is 0.369 e. The number of hydrogen-bond donors (Lipinski definition) is 1. The first kappa shape index (κ1) is 13.7. The molecule has 0 radical (unpaired) electrons. The Hall–Kier alpha value is -1.29. The second-order valence-corrected chi connectivity index (χ2v) is 6.08. The summed E-state index contributed by atoms with van der Waals surface area (Å²) in [6.07, 6.45) is 7.71. The molecular formula is C15H19ClFN3. The minimum Gasteiger partial charge on any atom is -0.369 e. The lowest BCUT2D eigenvalue weighted by molar-refractivity contribution is 0.462. The van der Waals surface area contributed by atoms with Crippen LogP contribution in [0.5, 0.6) is 0 Å². The molecule has 20 heavy (non-hydrogen) atoms. The molecule has 0 bridgehead atoms. The van der Waals surface area contributed by atoms with Gasteiger partial charge in [0.05, 0.1) is 16.1 Å². The Kier molecular flexibility index (Phi) is 3.83. The van der Waals surface area contributed by atoms with Crippen molar-refractivity contribution in [1.82, 2.24) is 9.55 Å². The summed E-state index contributed by atoms with van der Waals surface area (Å²) in [5, 5.41) is 0.0908. The number of halogens is 2. The van der Waals surface area contributed by atoms with Gasteiger partial charge in [0.2, 0.25) is 5.95 Å². The lowest BCUT2D eigenvalue weighted by atomic mass is 10.0. The number of fused-ring (bicyclic) bond motifs is 1. The topological polar surface area (TPSA) is 43.8 Å². The normalized spacial score (nSPS) is 16.3. The van der Waals surface area contributed by atoms with E-state index >= 15 is 0 Å².